The van der Waals surface area contributed by atoms with Crippen LogP contribution in [-0.4, -0.2) is 49.8 Å². The van der Waals surface area contributed by atoms with Crippen molar-refractivity contribution >= 4 is 0 Å². The number of hydrogen-bond donors (Lipinski definition) is 1. The number of piperidine rings is 1. The van der Waals surface area contributed by atoms with Crippen LogP contribution in [0.5, 0.6) is 0 Å². The topological polar surface area (TPSA) is 24.5 Å². The van der Waals surface area contributed by atoms with Gasteiger partial charge in [0.15, 0.2) is 0 Å². The minimum atomic E-state index is 0.603. The van der Waals surface area contributed by atoms with E-state index in [0.29, 0.717) is 12.1 Å². The van der Waals surface area contributed by atoms with E-state index in [1.54, 1.807) is 0 Å². The molecule has 2 rings (SSSR count). The minimum absolute atomic E-state index is 0.603. The van der Waals surface area contributed by atoms with Crippen LogP contribution in [0, 0.1) is 11.8 Å². The van der Waals surface area contributed by atoms with Gasteiger partial charge in [-0.25, -0.2) is 0 Å². The van der Waals surface area contributed by atoms with Crippen LogP contribution < -0.4 is 5.32 Å². The van der Waals surface area contributed by atoms with E-state index in [1.807, 2.05) is 0 Å². The van der Waals surface area contributed by atoms with Crippen LogP contribution in [0.15, 0.2) is 0 Å². The zero-order valence-corrected chi connectivity index (χ0v) is 13.0. The Hall–Kier alpha value is -0.120. The third-order valence-corrected chi connectivity index (χ3v) is 5.08. The Balaban J connectivity index is 1.70. The quantitative estimate of drug-likeness (QED) is 0.801. The molecule has 112 valence electrons. The molecule has 3 nitrogen and oxygen atoms in total. The molecule has 2 aliphatic heterocycles. The van der Waals surface area contributed by atoms with E-state index >= 15 is 0 Å². The predicted molar refractivity (Wildman–Crippen MR) is 80.4 cm³/mol. The van der Waals surface area contributed by atoms with Gasteiger partial charge in [-0.15, -0.1) is 0 Å². The summed E-state index contributed by atoms with van der Waals surface area (Å²) in [6.45, 7) is 12.8. The third kappa shape index (κ3) is 4.44. The normalized spacial score (nSPS) is 29.5. The van der Waals surface area contributed by atoms with Crippen molar-refractivity contribution < 1.29 is 4.74 Å². The third-order valence-electron chi connectivity index (χ3n) is 5.08. The lowest BCUT2D eigenvalue weighted by atomic mass is 9.89. The largest absolute Gasteiger partial charge is 0.381 e. The van der Waals surface area contributed by atoms with Crippen LogP contribution >= 0.6 is 0 Å². The van der Waals surface area contributed by atoms with Gasteiger partial charge in [0.1, 0.15) is 0 Å². The fourth-order valence-corrected chi connectivity index (χ4v) is 3.63. The van der Waals surface area contributed by atoms with Crippen molar-refractivity contribution in [2.75, 3.05) is 32.8 Å². The van der Waals surface area contributed by atoms with Crippen LogP contribution in [0.2, 0.25) is 0 Å². The van der Waals surface area contributed by atoms with Gasteiger partial charge >= 0.3 is 0 Å². The highest BCUT2D eigenvalue weighted by Gasteiger charge is 2.27. The van der Waals surface area contributed by atoms with Crippen LogP contribution in [0.25, 0.3) is 0 Å². The summed E-state index contributed by atoms with van der Waals surface area (Å²) in [5.41, 5.74) is 0. The standard InChI is InChI=1S/C16H32N2O/c1-4-8-18-9-5-15(6-10-18)13(2)17-14(3)16-7-11-19-12-16/h13-17H,4-12H2,1-3H3. The average molecular weight is 268 g/mol. The Kier molecular flexibility index (Phi) is 6.11. The van der Waals surface area contributed by atoms with E-state index in [0.717, 1.165) is 25.0 Å². The van der Waals surface area contributed by atoms with Crippen molar-refractivity contribution in [1.29, 1.82) is 0 Å². The van der Waals surface area contributed by atoms with Crippen molar-refractivity contribution in [2.24, 2.45) is 11.8 Å². The highest BCUT2D eigenvalue weighted by molar-refractivity contribution is 4.84. The molecule has 2 heterocycles. The molecule has 0 aliphatic carbocycles. The highest BCUT2D eigenvalue weighted by atomic mass is 16.5. The molecule has 3 atom stereocenters. The molecular weight excluding hydrogens is 236 g/mol. The second-order valence-electron chi connectivity index (χ2n) is 6.55. The molecule has 0 aromatic rings. The summed E-state index contributed by atoms with van der Waals surface area (Å²) in [6.07, 6.45) is 5.25. The maximum atomic E-state index is 5.50. The molecule has 19 heavy (non-hydrogen) atoms. The SMILES string of the molecule is CCCN1CCC(C(C)NC(C)C2CCOC2)CC1. The Morgan fingerprint density at radius 1 is 1.11 bits per heavy atom. The van der Waals surface area contributed by atoms with E-state index in [-0.39, 0.29) is 0 Å². The molecule has 0 amide bonds. The molecule has 2 saturated heterocycles. The van der Waals surface area contributed by atoms with Gasteiger partial charge in [0.25, 0.3) is 0 Å². The zero-order chi connectivity index (χ0) is 13.7. The molecule has 3 heteroatoms. The fraction of sp³-hybridized carbons (Fsp3) is 1.00. The first kappa shape index (κ1) is 15.3. The molecule has 2 fully saturated rings. The van der Waals surface area contributed by atoms with Gasteiger partial charge in [-0.2, -0.15) is 0 Å². The highest BCUT2D eigenvalue weighted by Crippen LogP contribution is 2.23. The summed E-state index contributed by atoms with van der Waals surface area (Å²) >= 11 is 0. The molecule has 0 saturated carbocycles. The van der Waals surface area contributed by atoms with Crippen molar-refractivity contribution in [2.45, 2.75) is 58.5 Å². The van der Waals surface area contributed by atoms with E-state index in [2.05, 4.69) is 31.0 Å². The second-order valence-corrected chi connectivity index (χ2v) is 6.55. The van der Waals surface area contributed by atoms with E-state index in [9.17, 15) is 0 Å². The summed E-state index contributed by atoms with van der Waals surface area (Å²) in [4.78, 5) is 2.62. The van der Waals surface area contributed by atoms with Gasteiger partial charge in [-0.05, 0) is 71.0 Å². The number of rotatable bonds is 6. The van der Waals surface area contributed by atoms with E-state index in [1.165, 1.54) is 45.3 Å². The Morgan fingerprint density at radius 3 is 2.37 bits per heavy atom. The monoisotopic (exact) mass is 268 g/mol. The molecule has 2 aliphatic rings. The first-order valence-electron chi connectivity index (χ1n) is 8.26. The minimum Gasteiger partial charge on any atom is -0.381 e. The molecule has 3 unspecified atom stereocenters. The molecule has 0 bridgehead atoms. The van der Waals surface area contributed by atoms with E-state index < -0.39 is 0 Å². The number of nitrogens with one attached hydrogen (secondary N) is 1. The van der Waals surface area contributed by atoms with Gasteiger partial charge in [0, 0.05) is 18.7 Å². The molecule has 0 spiro atoms. The first-order valence-corrected chi connectivity index (χ1v) is 8.26. The van der Waals surface area contributed by atoms with Crippen molar-refractivity contribution in [3.8, 4) is 0 Å². The smallest absolute Gasteiger partial charge is 0.0509 e. The number of likely N-dealkylation sites (tertiary alicyclic amines) is 1. The lowest BCUT2D eigenvalue weighted by Gasteiger charge is -2.36. The maximum Gasteiger partial charge on any atom is 0.0509 e. The Labute approximate surface area is 119 Å². The maximum absolute atomic E-state index is 5.50. The fourth-order valence-electron chi connectivity index (χ4n) is 3.63. The summed E-state index contributed by atoms with van der Waals surface area (Å²) in [5.74, 6) is 1.58. The molecule has 0 aromatic heterocycles. The first-order chi connectivity index (χ1) is 9.20. The Bertz CT molecular complexity index is 245. The van der Waals surface area contributed by atoms with Gasteiger partial charge in [-0.1, -0.05) is 6.92 Å². The summed E-state index contributed by atoms with van der Waals surface area (Å²) < 4.78 is 5.50. The summed E-state index contributed by atoms with van der Waals surface area (Å²) in [7, 11) is 0. The van der Waals surface area contributed by atoms with Crippen LogP contribution in [0.3, 0.4) is 0 Å². The average Bonchev–Trinajstić information content (AvgIpc) is 2.94. The van der Waals surface area contributed by atoms with Crippen LogP contribution in [0.1, 0.15) is 46.5 Å². The Morgan fingerprint density at radius 2 is 1.79 bits per heavy atom. The van der Waals surface area contributed by atoms with Crippen LogP contribution in [-0.2, 0) is 4.74 Å². The van der Waals surface area contributed by atoms with Crippen molar-refractivity contribution in [3.05, 3.63) is 0 Å². The van der Waals surface area contributed by atoms with Gasteiger partial charge < -0.3 is 15.0 Å². The van der Waals surface area contributed by atoms with Crippen molar-refractivity contribution in [3.63, 3.8) is 0 Å². The second kappa shape index (κ2) is 7.61. The summed E-state index contributed by atoms with van der Waals surface area (Å²) in [6, 6.07) is 1.26. The molecular formula is C16H32N2O. The number of hydrogen-bond acceptors (Lipinski definition) is 3. The molecule has 0 radical (unpaired) electrons. The van der Waals surface area contributed by atoms with Gasteiger partial charge in [0.05, 0.1) is 6.61 Å². The molecule has 1 N–H and O–H groups in total. The lowest BCUT2D eigenvalue weighted by molar-refractivity contribution is 0.148. The number of ether oxygens (including phenoxy) is 1. The summed E-state index contributed by atoms with van der Waals surface area (Å²) in [5, 5.41) is 3.84. The number of nitrogens with zero attached hydrogens (tertiary/aromatic N) is 1. The molecule has 0 aromatic carbocycles. The van der Waals surface area contributed by atoms with Crippen molar-refractivity contribution in [1.82, 2.24) is 10.2 Å². The van der Waals surface area contributed by atoms with Gasteiger partial charge in [-0.3, -0.25) is 0 Å². The lowest BCUT2D eigenvalue weighted by Crippen LogP contribution is -2.46. The van der Waals surface area contributed by atoms with Gasteiger partial charge in [0.2, 0.25) is 0 Å². The zero-order valence-electron chi connectivity index (χ0n) is 13.0. The van der Waals surface area contributed by atoms with Crippen LogP contribution in [0.4, 0.5) is 0 Å². The van der Waals surface area contributed by atoms with E-state index in [4.69, 9.17) is 4.74 Å². The predicted octanol–water partition coefficient (Wildman–Crippen LogP) is 2.51.